The van der Waals surface area contributed by atoms with Gasteiger partial charge in [0.2, 0.25) is 0 Å². The minimum Gasteiger partial charge on any atom is -0.419 e. The molecule has 0 aliphatic heterocycles. The molecule has 0 spiro atoms. The van der Waals surface area contributed by atoms with Crippen LogP contribution in [0.25, 0.3) is 24.3 Å². The number of hydrogen-bond donors (Lipinski definition) is 0. The highest BCUT2D eigenvalue weighted by atomic mass is 19.1. The Morgan fingerprint density at radius 1 is 0.565 bits per heavy atom. The minimum absolute atomic E-state index is 0.000783. The molecule has 0 radical (unpaired) electrons. The fourth-order valence-electron chi connectivity index (χ4n) is 3.46. The molecule has 0 amide bonds. The van der Waals surface area contributed by atoms with Crippen LogP contribution < -0.4 is 18.9 Å². The molecule has 0 aliphatic carbocycles. The zero-order valence-corrected chi connectivity index (χ0v) is 25.6. The summed E-state index contributed by atoms with van der Waals surface area (Å²) in [5.41, 5.74) is 2.40. The van der Waals surface area contributed by atoms with Gasteiger partial charge in [-0.05, 0) is 67.8 Å². The molecule has 0 atom stereocenters. The van der Waals surface area contributed by atoms with Crippen molar-refractivity contribution in [1.82, 2.24) is 0 Å². The summed E-state index contributed by atoms with van der Waals surface area (Å²) in [6.45, 7) is 18.4. The van der Waals surface area contributed by atoms with Crippen molar-refractivity contribution in [2.75, 3.05) is 0 Å². The molecule has 8 nitrogen and oxygen atoms in total. The predicted molar refractivity (Wildman–Crippen MR) is 174 cm³/mol. The molecule has 3 rings (SSSR count). The van der Waals surface area contributed by atoms with Crippen LogP contribution in [0, 0.1) is 5.82 Å². The van der Waals surface area contributed by atoms with Gasteiger partial charge in [0.1, 0.15) is 5.82 Å². The molecule has 0 unspecified atom stereocenters. The Morgan fingerprint density at radius 2 is 0.957 bits per heavy atom. The van der Waals surface area contributed by atoms with E-state index >= 15 is 4.39 Å². The molecule has 0 saturated carbocycles. The number of carbonyl (C=O) groups is 4. The number of ether oxygens (including phenoxy) is 4. The summed E-state index contributed by atoms with van der Waals surface area (Å²) in [7, 11) is 0. The zero-order valence-electron chi connectivity index (χ0n) is 25.6. The van der Waals surface area contributed by atoms with Gasteiger partial charge in [-0.1, -0.05) is 74.9 Å². The van der Waals surface area contributed by atoms with Crippen LogP contribution in [-0.2, 0) is 19.2 Å². The van der Waals surface area contributed by atoms with Gasteiger partial charge in [-0.3, -0.25) is 0 Å². The third-order valence-corrected chi connectivity index (χ3v) is 5.91. The maximum Gasteiger partial charge on any atom is 0.338 e. The minimum atomic E-state index is -0.755. The van der Waals surface area contributed by atoms with Gasteiger partial charge in [0, 0.05) is 28.4 Å². The van der Waals surface area contributed by atoms with Gasteiger partial charge >= 0.3 is 23.9 Å². The molecular weight excluding hydrogens is 591 g/mol. The smallest absolute Gasteiger partial charge is 0.338 e. The lowest BCUT2D eigenvalue weighted by Crippen LogP contribution is -2.12. The van der Waals surface area contributed by atoms with Crippen LogP contribution in [0.15, 0.2) is 104 Å². The van der Waals surface area contributed by atoms with Gasteiger partial charge in [0.25, 0.3) is 0 Å². The number of rotatable bonds is 12. The topological polar surface area (TPSA) is 105 Å². The van der Waals surface area contributed by atoms with E-state index in [1.54, 1.807) is 42.5 Å². The molecule has 0 saturated heterocycles. The monoisotopic (exact) mass is 622 g/mol. The van der Waals surface area contributed by atoms with Crippen molar-refractivity contribution >= 4 is 48.2 Å². The van der Waals surface area contributed by atoms with Gasteiger partial charge < -0.3 is 18.9 Å². The molecule has 0 aromatic heterocycles. The average molecular weight is 623 g/mol. The Bertz CT molecular complexity index is 1830. The molecule has 0 bridgehead atoms. The Labute approximate surface area is 266 Å². The van der Waals surface area contributed by atoms with Gasteiger partial charge in [0.05, 0.1) is 0 Å². The Morgan fingerprint density at radius 3 is 1.39 bits per heavy atom. The number of hydrogen-bond acceptors (Lipinski definition) is 8. The summed E-state index contributed by atoms with van der Waals surface area (Å²) in [6, 6.07) is 13.7. The quantitative estimate of drug-likeness (QED) is 0.0876. The van der Waals surface area contributed by atoms with E-state index in [1.165, 1.54) is 57.2 Å². The Balaban J connectivity index is 1.83. The highest BCUT2D eigenvalue weighted by Gasteiger charge is 2.16. The van der Waals surface area contributed by atoms with Crippen molar-refractivity contribution in [2.24, 2.45) is 0 Å². The first-order valence-electron chi connectivity index (χ1n) is 13.7. The van der Waals surface area contributed by atoms with E-state index < -0.39 is 29.7 Å². The van der Waals surface area contributed by atoms with Crippen LogP contribution in [0.2, 0.25) is 0 Å². The lowest BCUT2D eigenvalue weighted by molar-refractivity contribution is -0.132. The fourth-order valence-corrected chi connectivity index (χ4v) is 3.46. The summed E-state index contributed by atoms with van der Waals surface area (Å²) >= 11 is 0. The Kier molecular flexibility index (Phi) is 11.7. The first-order valence-corrected chi connectivity index (χ1v) is 13.7. The largest absolute Gasteiger partial charge is 0.419 e. The molecule has 0 fully saturated rings. The van der Waals surface area contributed by atoms with E-state index in [4.69, 9.17) is 18.9 Å². The maximum absolute atomic E-state index is 15.0. The highest BCUT2D eigenvalue weighted by Crippen LogP contribution is 2.32. The average Bonchev–Trinajstić information content (AvgIpc) is 3.01. The van der Waals surface area contributed by atoms with Crippen molar-refractivity contribution in [3.05, 3.63) is 132 Å². The molecule has 46 heavy (non-hydrogen) atoms. The second-order valence-corrected chi connectivity index (χ2v) is 9.99. The first-order chi connectivity index (χ1) is 21.8. The van der Waals surface area contributed by atoms with E-state index in [0.29, 0.717) is 16.7 Å². The third-order valence-electron chi connectivity index (χ3n) is 5.91. The van der Waals surface area contributed by atoms with E-state index in [9.17, 15) is 19.2 Å². The summed E-state index contributed by atoms with van der Waals surface area (Å²) in [5.74, 6) is -3.33. The standard InChI is InChI=1S/C37H31FO8/c1-8-34(39)43-32-20-27(14-17-30(32)44-35(40)22(2)3)12-16-28-15-11-25(19-29(28)38)9-10-26-13-18-31(45-36(41)23(4)5)33(21-26)46-37(42)24(6)7/h8-21H,1-2,4,6H2,3,5,7H3/b10-9+,16-12+. The van der Waals surface area contributed by atoms with Crippen LogP contribution in [0.3, 0.4) is 0 Å². The van der Waals surface area contributed by atoms with Crippen molar-refractivity contribution < 1.29 is 42.5 Å². The lowest BCUT2D eigenvalue weighted by Gasteiger charge is -2.11. The van der Waals surface area contributed by atoms with E-state index in [1.807, 2.05) is 0 Å². The number of carbonyl (C=O) groups excluding carboxylic acids is 4. The lowest BCUT2D eigenvalue weighted by atomic mass is 10.1. The number of esters is 4. The van der Waals surface area contributed by atoms with E-state index in [0.717, 1.165) is 6.08 Å². The second kappa shape index (κ2) is 15.6. The van der Waals surface area contributed by atoms with Crippen molar-refractivity contribution in [1.29, 1.82) is 0 Å². The van der Waals surface area contributed by atoms with Gasteiger partial charge in [0.15, 0.2) is 23.0 Å². The van der Waals surface area contributed by atoms with Crippen LogP contribution in [0.1, 0.15) is 43.0 Å². The van der Waals surface area contributed by atoms with Crippen LogP contribution in [0.5, 0.6) is 23.0 Å². The van der Waals surface area contributed by atoms with Crippen LogP contribution in [0.4, 0.5) is 4.39 Å². The second-order valence-electron chi connectivity index (χ2n) is 9.99. The van der Waals surface area contributed by atoms with Gasteiger partial charge in [-0.15, -0.1) is 0 Å². The number of benzene rings is 3. The number of halogens is 1. The molecule has 3 aromatic carbocycles. The van der Waals surface area contributed by atoms with Crippen molar-refractivity contribution in [3.63, 3.8) is 0 Å². The fraction of sp³-hybridized carbons (Fsp3) is 0.0811. The van der Waals surface area contributed by atoms with Crippen molar-refractivity contribution in [2.45, 2.75) is 20.8 Å². The summed E-state index contributed by atoms with van der Waals surface area (Å²) < 4.78 is 36.1. The molecule has 0 N–H and O–H groups in total. The van der Waals surface area contributed by atoms with Gasteiger partial charge in [-0.2, -0.15) is 0 Å². The van der Waals surface area contributed by atoms with Crippen LogP contribution in [-0.4, -0.2) is 23.9 Å². The van der Waals surface area contributed by atoms with Crippen molar-refractivity contribution in [3.8, 4) is 23.0 Å². The molecular formula is C37H31FO8. The summed E-state index contributed by atoms with van der Waals surface area (Å²) in [5, 5.41) is 0. The third kappa shape index (κ3) is 9.72. The van der Waals surface area contributed by atoms with E-state index in [-0.39, 0.29) is 45.3 Å². The predicted octanol–water partition coefficient (Wildman–Crippen LogP) is 7.70. The SMILES string of the molecule is C=CC(=O)Oc1cc(/C=C/c2ccc(/C=C/c3ccc(OC(=O)C(=C)C)c(OC(=O)C(=C)C)c3)cc2F)ccc1OC(=O)C(=C)C. The molecule has 234 valence electrons. The van der Waals surface area contributed by atoms with E-state index in [2.05, 4.69) is 26.3 Å². The Hall–Kier alpha value is -6.09. The van der Waals surface area contributed by atoms with Crippen LogP contribution >= 0.6 is 0 Å². The summed E-state index contributed by atoms with van der Waals surface area (Å²) in [4.78, 5) is 47.9. The van der Waals surface area contributed by atoms with Gasteiger partial charge in [-0.25, -0.2) is 23.6 Å². The zero-order chi connectivity index (χ0) is 34.0. The molecule has 0 aliphatic rings. The summed E-state index contributed by atoms with van der Waals surface area (Å²) in [6.07, 6.45) is 7.41. The molecule has 0 heterocycles. The molecule has 3 aromatic rings. The normalized spacial score (nSPS) is 10.7. The molecule has 9 heteroatoms. The highest BCUT2D eigenvalue weighted by molar-refractivity contribution is 5.92. The first kappa shape index (κ1) is 34.4. The maximum atomic E-state index is 15.0.